The second-order valence-corrected chi connectivity index (χ2v) is 6.93. The molecule has 4 rings (SSSR count). The van der Waals surface area contributed by atoms with E-state index in [-0.39, 0.29) is 0 Å². The maximum absolute atomic E-state index is 12.8. The van der Waals surface area contributed by atoms with Gasteiger partial charge in [-0.05, 0) is 43.3 Å². The average molecular weight is 412 g/mol. The van der Waals surface area contributed by atoms with E-state index in [9.17, 15) is 4.79 Å². The van der Waals surface area contributed by atoms with Gasteiger partial charge in [0.25, 0.3) is 0 Å². The summed E-state index contributed by atoms with van der Waals surface area (Å²) in [6.45, 7) is 4.49. The summed E-state index contributed by atoms with van der Waals surface area (Å²) in [5.74, 6) is 1.38. The summed E-state index contributed by atoms with van der Waals surface area (Å²) in [5.41, 5.74) is 3.30. The number of ether oxygens (including phenoxy) is 1. The molecule has 0 saturated carbocycles. The highest BCUT2D eigenvalue weighted by Crippen LogP contribution is 2.24. The lowest BCUT2D eigenvalue weighted by Crippen LogP contribution is -2.33. The molecule has 0 unspecified atom stereocenters. The quantitative estimate of drug-likeness (QED) is 0.418. The van der Waals surface area contributed by atoms with Gasteiger partial charge in [0.05, 0.1) is 11.4 Å². The zero-order valence-electron chi connectivity index (χ0n) is 17.6. The summed E-state index contributed by atoms with van der Waals surface area (Å²) in [6, 6.07) is 22.7. The largest absolute Gasteiger partial charge is 0.419 e. The number of carbonyl (C=O) groups is 1. The zero-order valence-corrected chi connectivity index (χ0v) is 17.6. The normalized spacial score (nSPS) is 10.6. The van der Waals surface area contributed by atoms with Crippen molar-refractivity contribution in [3.8, 4) is 22.8 Å². The van der Waals surface area contributed by atoms with Gasteiger partial charge >= 0.3 is 6.09 Å². The molecule has 1 amide bonds. The molecule has 0 aliphatic heterocycles. The number of pyridine rings is 1. The second kappa shape index (κ2) is 9.26. The summed E-state index contributed by atoms with van der Waals surface area (Å²) in [6.07, 6.45) is 4.06. The Kier molecular flexibility index (Phi) is 6.08. The van der Waals surface area contributed by atoms with Gasteiger partial charge < -0.3 is 9.30 Å². The van der Waals surface area contributed by atoms with Crippen LogP contribution in [0.1, 0.15) is 19.7 Å². The number of amides is 1. The molecule has 0 N–H and O–H groups in total. The van der Waals surface area contributed by atoms with E-state index in [1.54, 1.807) is 17.2 Å². The molecule has 156 valence electrons. The second-order valence-electron chi connectivity index (χ2n) is 6.93. The minimum atomic E-state index is -0.415. The van der Waals surface area contributed by atoms with Gasteiger partial charge in [0.15, 0.2) is 0 Å². The lowest BCUT2D eigenvalue weighted by Gasteiger charge is -2.20. The Morgan fingerprint density at radius 1 is 0.968 bits per heavy atom. The number of anilines is 1. The summed E-state index contributed by atoms with van der Waals surface area (Å²) in [7, 11) is 0. The van der Waals surface area contributed by atoms with Crippen LogP contribution in [0.15, 0.2) is 85.2 Å². The summed E-state index contributed by atoms with van der Waals surface area (Å²) < 4.78 is 7.70. The molecule has 4 aromatic rings. The Bertz CT molecular complexity index is 1160. The molecule has 6 nitrogen and oxygen atoms in total. The third-order valence-electron chi connectivity index (χ3n) is 4.93. The summed E-state index contributed by atoms with van der Waals surface area (Å²) in [5, 5.41) is 0. The number of hydrogen-bond acceptors (Lipinski definition) is 4. The third kappa shape index (κ3) is 4.48. The fourth-order valence-corrected chi connectivity index (χ4v) is 3.41. The van der Waals surface area contributed by atoms with Crippen molar-refractivity contribution >= 4 is 11.8 Å². The number of benzene rings is 2. The first-order valence-corrected chi connectivity index (χ1v) is 10.3. The van der Waals surface area contributed by atoms with E-state index in [1.165, 1.54) is 0 Å². The predicted octanol–water partition coefficient (Wildman–Crippen LogP) is 5.52. The Morgan fingerprint density at radius 2 is 1.77 bits per heavy atom. The monoisotopic (exact) mass is 412 g/mol. The van der Waals surface area contributed by atoms with Gasteiger partial charge in [0.1, 0.15) is 17.3 Å². The van der Waals surface area contributed by atoms with Crippen LogP contribution in [0.3, 0.4) is 0 Å². The number of carbonyl (C=O) groups excluding carboxylic acids is 1. The van der Waals surface area contributed by atoms with Crippen molar-refractivity contribution in [3.63, 3.8) is 0 Å². The van der Waals surface area contributed by atoms with Crippen LogP contribution >= 0.6 is 0 Å². The number of rotatable bonds is 6. The van der Waals surface area contributed by atoms with Crippen LogP contribution in [0.25, 0.3) is 17.1 Å². The van der Waals surface area contributed by atoms with Gasteiger partial charge in [-0.25, -0.2) is 9.78 Å². The van der Waals surface area contributed by atoms with Crippen molar-refractivity contribution in [2.24, 2.45) is 0 Å². The van der Waals surface area contributed by atoms with Crippen molar-refractivity contribution < 1.29 is 9.53 Å². The van der Waals surface area contributed by atoms with Gasteiger partial charge in [-0.3, -0.25) is 9.88 Å². The highest BCUT2D eigenvalue weighted by Gasteiger charge is 2.17. The Hall–Kier alpha value is -3.93. The molecule has 31 heavy (non-hydrogen) atoms. The SMILES string of the molecule is CCc1nc(-c2ccccn2)cn1-c1cccc(OC(=O)N(CC)c2ccccc2)c1. The number of hydrogen-bond donors (Lipinski definition) is 0. The van der Waals surface area contributed by atoms with E-state index in [4.69, 9.17) is 9.72 Å². The third-order valence-corrected chi connectivity index (χ3v) is 4.93. The molecule has 0 atom stereocenters. The molecular formula is C25H24N4O2. The van der Waals surface area contributed by atoms with Gasteiger partial charge in [-0.2, -0.15) is 0 Å². The molecule has 0 aliphatic rings. The first-order valence-electron chi connectivity index (χ1n) is 10.3. The number of nitrogens with zero attached hydrogens (tertiary/aromatic N) is 4. The standard InChI is InChI=1S/C25H24N4O2/c1-3-24-27-23(22-15-8-9-16-26-22)18-29(24)20-13-10-14-21(17-20)31-25(30)28(4-2)19-11-6-5-7-12-19/h5-18H,3-4H2,1-2H3. The van der Waals surface area contributed by atoms with Crippen molar-refractivity contribution in [2.75, 3.05) is 11.4 Å². The van der Waals surface area contributed by atoms with E-state index in [1.807, 2.05) is 84.4 Å². The van der Waals surface area contributed by atoms with Crippen LogP contribution in [0, 0.1) is 0 Å². The molecule has 0 bridgehead atoms. The van der Waals surface area contributed by atoms with E-state index in [0.29, 0.717) is 12.3 Å². The molecule has 2 aromatic heterocycles. The number of aromatic nitrogens is 3. The molecule has 0 radical (unpaired) electrons. The fraction of sp³-hybridized carbons (Fsp3) is 0.160. The summed E-state index contributed by atoms with van der Waals surface area (Å²) in [4.78, 5) is 23.5. The molecular weight excluding hydrogens is 388 g/mol. The molecule has 0 aliphatic carbocycles. The van der Waals surface area contributed by atoms with Crippen molar-refractivity contribution in [1.82, 2.24) is 14.5 Å². The molecule has 2 aromatic carbocycles. The molecule has 0 fully saturated rings. The molecule has 0 saturated heterocycles. The van der Waals surface area contributed by atoms with E-state index >= 15 is 0 Å². The number of aryl methyl sites for hydroxylation is 1. The fourth-order valence-electron chi connectivity index (χ4n) is 3.41. The van der Waals surface area contributed by atoms with Crippen LogP contribution in [-0.2, 0) is 6.42 Å². The Balaban J connectivity index is 1.60. The predicted molar refractivity (Wildman–Crippen MR) is 122 cm³/mol. The van der Waals surface area contributed by atoms with E-state index < -0.39 is 6.09 Å². The average Bonchev–Trinajstić information content (AvgIpc) is 3.26. The van der Waals surface area contributed by atoms with Gasteiger partial charge in [-0.15, -0.1) is 0 Å². The zero-order chi connectivity index (χ0) is 21.6. The smallest absolute Gasteiger partial charge is 0.410 e. The van der Waals surface area contributed by atoms with Gasteiger partial charge in [-0.1, -0.05) is 37.3 Å². The first-order chi connectivity index (χ1) is 15.2. The van der Waals surface area contributed by atoms with E-state index in [2.05, 4.69) is 11.9 Å². The molecule has 2 heterocycles. The maximum atomic E-state index is 12.8. The van der Waals surface area contributed by atoms with Gasteiger partial charge in [0, 0.05) is 37.1 Å². The molecule has 6 heteroatoms. The lowest BCUT2D eigenvalue weighted by atomic mass is 10.2. The van der Waals surface area contributed by atoms with Crippen LogP contribution < -0.4 is 9.64 Å². The van der Waals surface area contributed by atoms with Crippen molar-refractivity contribution in [2.45, 2.75) is 20.3 Å². The topological polar surface area (TPSA) is 60.2 Å². The van der Waals surface area contributed by atoms with Crippen LogP contribution in [0.5, 0.6) is 5.75 Å². The van der Waals surface area contributed by atoms with Crippen molar-refractivity contribution in [1.29, 1.82) is 0 Å². The van der Waals surface area contributed by atoms with Crippen LogP contribution in [0.2, 0.25) is 0 Å². The van der Waals surface area contributed by atoms with Crippen LogP contribution in [0.4, 0.5) is 10.5 Å². The molecule has 0 spiro atoms. The minimum Gasteiger partial charge on any atom is -0.410 e. The lowest BCUT2D eigenvalue weighted by molar-refractivity contribution is 0.208. The highest BCUT2D eigenvalue weighted by atomic mass is 16.6. The summed E-state index contributed by atoms with van der Waals surface area (Å²) >= 11 is 0. The number of para-hydroxylation sites is 1. The highest BCUT2D eigenvalue weighted by molar-refractivity contribution is 5.89. The maximum Gasteiger partial charge on any atom is 0.419 e. The minimum absolute atomic E-state index is 0.415. The Morgan fingerprint density at radius 3 is 2.48 bits per heavy atom. The van der Waals surface area contributed by atoms with Gasteiger partial charge in [0.2, 0.25) is 0 Å². The van der Waals surface area contributed by atoms with Crippen molar-refractivity contribution in [3.05, 3.63) is 91.0 Å². The van der Waals surface area contributed by atoms with E-state index in [0.717, 1.165) is 35.0 Å². The Labute approximate surface area is 181 Å². The number of imidazole rings is 1. The first kappa shape index (κ1) is 20.3. The van der Waals surface area contributed by atoms with Crippen LogP contribution in [-0.4, -0.2) is 27.2 Å².